The largest absolute Gasteiger partial charge is 0.337 e. The number of nitrogens with zero attached hydrogens (tertiary/aromatic N) is 2. The lowest BCUT2D eigenvalue weighted by Crippen LogP contribution is -2.16. The summed E-state index contributed by atoms with van der Waals surface area (Å²) in [4.78, 5) is 5.82. The summed E-state index contributed by atoms with van der Waals surface area (Å²) in [7, 11) is -9.89. The summed E-state index contributed by atoms with van der Waals surface area (Å²) in [5, 5.41) is 0. The Morgan fingerprint density at radius 2 is 0.661 bits per heavy atom. The SMILES string of the molecule is CS(=O)(=O)c1ccc(N(Cc2ccc(F)cc2)c2ccc(S(C)(=O)=O)cc2)cc1.CSc1ccc(N(Cc2ccc(F)cc2)c2ccc(S(C)(=O)=O)cc2)cc1. The van der Waals surface area contributed by atoms with Gasteiger partial charge in [0.25, 0.3) is 0 Å². The Morgan fingerprint density at radius 1 is 0.411 bits per heavy atom. The molecule has 6 aromatic carbocycles. The molecule has 0 unspecified atom stereocenters. The maximum Gasteiger partial charge on any atom is 0.175 e. The van der Waals surface area contributed by atoms with Crippen molar-refractivity contribution in [3.8, 4) is 0 Å². The van der Waals surface area contributed by atoms with Gasteiger partial charge in [0, 0.05) is 59.5 Å². The molecule has 0 saturated heterocycles. The van der Waals surface area contributed by atoms with Crippen LogP contribution in [0.25, 0.3) is 0 Å². The van der Waals surface area contributed by atoms with E-state index in [1.54, 1.807) is 84.6 Å². The van der Waals surface area contributed by atoms with E-state index in [-0.39, 0.29) is 26.3 Å². The van der Waals surface area contributed by atoms with Crippen molar-refractivity contribution in [2.24, 2.45) is 0 Å². The molecule has 14 heteroatoms. The van der Waals surface area contributed by atoms with Gasteiger partial charge in [-0.25, -0.2) is 34.0 Å². The van der Waals surface area contributed by atoms with E-state index in [0.717, 1.165) is 39.9 Å². The molecular formula is C42H40F2N2O6S4. The molecule has 0 N–H and O–H groups in total. The van der Waals surface area contributed by atoms with E-state index >= 15 is 0 Å². The minimum absolute atomic E-state index is 0.204. The number of benzene rings is 6. The minimum Gasteiger partial charge on any atom is -0.337 e. The first-order chi connectivity index (χ1) is 26.4. The van der Waals surface area contributed by atoms with Crippen LogP contribution in [0.15, 0.2) is 165 Å². The van der Waals surface area contributed by atoms with Crippen molar-refractivity contribution >= 4 is 64.0 Å². The Labute approximate surface area is 332 Å². The first-order valence-electron chi connectivity index (χ1n) is 17.0. The number of thioether (sulfide) groups is 1. The maximum absolute atomic E-state index is 13.3. The van der Waals surface area contributed by atoms with Gasteiger partial charge < -0.3 is 9.80 Å². The highest BCUT2D eigenvalue weighted by Crippen LogP contribution is 2.32. The Hall–Kier alpha value is -5.02. The Balaban J connectivity index is 0.000000215. The molecule has 0 aliphatic heterocycles. The molecule has 0 fully saturated rings. The van der Waals surface area contributed by atoms with Gasteiger partial charge in [-0.05, 0) is 139 Å². The summed E-state index contributed by atoms with van der Waals surface area (Å²) < 4.78 is 96.9. The van der Waals surface area contributed by atoms with E-state index in [4.69, 9.17) is 0 Å². The Morgan fingerprint density at radius 3 is 0.893 bits per heavy atom. The second-order valence-electron chi connectivity index (χ2n) is 12.9. The summed E-state index contributed by atoms with van der Waals surface area (Å²) >= 11 is 1.67. The average molecular weight is 835 g/mol. The van der Waals surface area contributed by atoms with Crippen LogP contribution in [-0.2, 0) is 42.6 Å². The van der Waals surface area contributed by atoms with Gasteiger partial charge in [-0.3, -0.25) is 0 Å². The van der Waals surface area contributed by atoms with E-state index in [2.05, 4.69) is 4.90 Å². The number of halogens is 2. The fraction of sp³-hybridized carbons (Fsp3) is 0.143. The van der Waals surface area contributed by atoms with Gasteiger partial charge in [0.05, 0.1) is 14.7 Å². The highest BCUT2D eigenvalue weighted by atomic mass is 32.2. The van der Waals surface area contributed by atoms with Crippen molar-refractivity contribution in [3.63, 3.8) is 0 Å². The highest BCUT2D eigenvalue weighted by Gasteiger charge is 2.16. The normalized spacial score (nSPS) is 11.7. The lowest BCUT2D eigenvalue weighted by atomic mass is 10.1. The van der Waals surface area contributed by atoms with Crippen LogP contribution in [0.1, 0.15) is 11.1 Å². The molecule has 56 heavy (non-hydrogen) atoms. The summed E-state index contributed by atoms with van der Waals surface area (Å²) in [5.74, 6) is -0.609. The van der Waals surface area contributed by atoms with Gasteiger partial charge in [-0.15, -0.1) is 11.8 Å². The van der Waals surface area contributed by atoms with Crippen molar-refractivity contribution < 1.29 is 34.0 Å². The molecule has 0 bridgehead atoms. The van der Waals surface area contributed by atoms with Gasteiger partial charge in [0.15, 0.2) is 29.5 Å². The molecule has 0 spiro atoms. The molecule has 0 atom stereocenters. The second kappa shape index (κ2) is 17.8. The molecule has 0 amide bonds. The molecule has 0 saturated carbocycles. The van der Waals surface area contributed by atoms with Crippen LogP contribution in [0.5, 0.6) is 0 Å². The van der Waals surface area contributed by atoms with E-state index in [1.807, 2.05) is 35.4 Å². The number of anilines is 4. The summed E-state index contributed by atoms with van der Waals surface area (Å²) in [5.41, 5.74) is 5.07. The molecular weight excluding hydrogens is 795 g/mol. The Kier molecular flexibility index (Phi) is 13.4. The first-order valence-corrected chi connectivity index (χ1v) is 23.9. The summed E-state index contributed by atoms with van der Waals surface area (Å²) in [6.07, 6.45) is 5.50. The third kappa shape index (κ3) is 11.5. The van der Waals surface area contributed by atoms with E-state index in [0.29, 0.717) is 24.5 Å². The van der Waals surface area contributed by atoms with E-state index in [1.165, 1.54) is 54.8 Å². The number of hydrogen-bond donors (Lipinski definition) is 0. The van der Waals surface area contributed by atoms with Crippen LogP contribution in [0.2, 0.25) is 0 Å². The highest BCUT2D eigenvalue weighted by molar-refractivity contribution is 7.98. The molecule has 292 valence electrons. The molecule has 0 aromatic heterocycles. The summed E-state index contributed by atoms with van der Waals surface area (Å²) in [6, 6.07) is 40.2. The Bertz CT molecular complexity index is 2500. The lowest BCUT2D eigenvalue weighted by Gasteiger charge is -2.25. The van der Waals surface area contributed by atoms with Crippen LogP contribution < -0.4 is 9.80 Å². The second-order valence-corrected chi connectivity index (χ2v) is 19.8. The smallest absolute Gasteiger partial charge is 0.175 e. The molecule has 8 nitrogen and oxygen atoms in total. The van der Waals surface area contributed by atoms with Crippen molar-refractivity contribution in [2.75, 3.05) is 34.8 Å². The van der Waals surface area contributed by atoms with Crippen LogP contribution in [0.4, 0.5) is 31.5 Å². The van der Waals surface area contributed by atoms with Gasteiger partial charge in [0.2, 0.25) is 0 Å². The van der Waals surface area contributed by atoms with Crippen LogP contribution >= 0.6 is 11.8 Å². The fourth-order valence-corrected chi connectivity index (χ4v) is 7.89. The van der Waals surface area contributed by atoms with Gasteiger partial charge in [-0.2, -0.15) is 0 Å². The molecule has 6 rings (SSSR count). The maximum atomic E-state index is 13.3. The predicted molar refractivity (Wildman–Crippen MR) is 221 cm³/mol. The zero-order valence-electron chi connectivity index (χ0n) is 31.0. The van der Waals surface area contributed by atoms with Gasteiger partial charge in [0.1, 0.15) is 11.6 Å². The predicted octanol–water partition coefficient (Wildman–Crippen LogP) is 9.26. The van der Waals surface area contributed by atoms with Crippen molar-refractivity contribution in [2.45, 2.75) is 32.7 Å². The summed E-state index contributed by atoms with van der Waals surface area (Å²) in [6.45, 7) is 0.924. The quantitative estimate of drug-likeness (QED) is 0.112. The van der Waals surface area contributed by atoms with Crippen molar-refractivity contribution in [1.82, 2.24) is 0 Å². The molecule has 0 aliphatic carbocycles. The third-order valence-corrected chi connectivity index (χ3v) is 12.8. The van der Waals surface area contributed by atoms with Gasteiger partial charge in [-0.1, -0.05) is 24.3 Å². The zero-order valence-corrected chi connectivity index (χ0v) is 34.3. The van der Waals surface area contributed by atoms with Gasteiger partial charge >= 0.3 is 0 Å². The monoisotopic (exact) mass is 834 g/mol. The minimum atomic E-state index is -3.32. The topological polar surface area (TPSA) is 109 Å². The average Bonchev–Trinajstić information content (AvgIpc) is 3.17. The first kappa shape index (κ1) is 42.1. The lowest BCUT2D eigenvalue weighted by molar-refractivity contribution is 0.600. The third-order valence-electron chi connectivity index (χ3n) is 8.62. The van der Waals surface area contributed by atoms with Crippen molar-refractivity contribution in [3.05, 3.63) is 168 Å². The van der Waals surface area contributed by atoms with Crippen molar-refractivity contribution in [1.29, 1.82) is 0 Å². The number of rotatable bonds is 12. The molecule has 6 aromatic rings. The number of hydrogen-bond acceptors (Lipinski definition) is 9. The molecule has 0 radical (unpaired) electrons. The van der Waals surface area contributed by atoms with Crippen LogP contribution in [0, 0.1) is 11.6 Å². The fourth-order valence-electron chi connectivity index (χ4n) is 5.59. The van der Waals surface area contributed by atoms with E-state index < -0.39 is 29.5 Å². The molecule has 0 heterocycles. The van der Waals surface area contributed by atoms with Crippen LogP contribution in [0.3, 0.4) is 0 Å². The molecule has 0 aliphatic rings. The van der Waals surface area contributed by atoms with E-state index in [9.17, 15) is 34.0 Å². The number of sulfone groups is 3. The van der Waals surface area contributed by atoms with Crippen LogP contribution in [-0.4, -0.2) is 50.3 Å². The zero-order chi connectivity index (χ0) is 40.7. The standard InChI is InChI=1S/C21H20FNO4S2.C21H20FNO2S2/c1-28(24,25)20-11-7-18(8-12-20)23(15-16-3-5-17(22)6-4-16)19-9-13-21(14-10-19)29(2,26)27;1-26-20-11-7-18(8-12-20)23(15-16-3-5-17(22)6-4-16)19-9-13-21(14-10-19)27(2,24)25/h3-14H,15H2,1-2H3;3-14H,15H2,1-2H3.